The minimum atomic E-state index is 0.688. The van der Waals surface area contributed by atoms with Gasteiger partial charge in [-0.05, 0) is 55.3 Å². The zero-order valence-electron chi connectivity index (χ0n) is 11.8. The van der Waals surface area contributed by atoms with Crippen LogP contribution in [0.3, 0.4) is 0 Å². The Kier molecular flexibility index (Phi) is 3.61. The van der Waals surface area contributed by atoms with Gasteiger partial charge in [0.2, 0.25) is 0 Å². The summed E-state index contributed by atoms with van der Waals surface area (Å²) in [6.07, 6.45) is 7.06. The van der Waals surface area contributed by atoms with Crippen LogP contribution in [0.1, 0.15) is 36.3 Å². The summed E-state index contributed by atoms with van der Waals surface area (Å²) < 4.78 is 5.54. The molecule has 1 saturated heterocycles. The third kappa shape index (κ3) is 2.18. The van der Waals surface area contributed by atoms with Gasteiger partial charge in [0.1, 0.15) is 5.75 Å². The lowest BCUT2D eigenvalue weighted by molar-refractivity contribution is 0.126. The fourth-order valence-corrected chi connectivity index (χ4v) is 3.95. The minimum Gasteiger partial charge on any atom is -0.496 e. The standard InChI is InChI=1S/C17H23NO/c1-3-11-18-12-5-7-14-13-6-4-8-17(19-2)15(13)9-10-16(14)18/h3-4,6,8,14,16H,1,5,7,9-12H2,2H3/t14-,16-/m0/s1. The molecule has 0 amide bonds. The van der Waals surface area contributed by atoms with Crippen molar-refractivity contribution in [2.24, 2.45) is 0 Å². The highest BCUT2D eigenvalue weighted by molar-refractivity contribution is 5.45. The van der Waals surface area contributed by atoms with E-state index in [0.717, 1.165) is 18.7 Å². The van der Waals surface area contributed by atoms with Crippen molar-refractivity contribution < 1.29 is 4.74 Å². The molecule has 1 aliphatic carbocycles. The van der Waals surface area contributed by atoms with E-state index in [0.29, 0.717) is 12.0 Å². The van der Waals surface area contributed by atoms with Crippen LogP contribution >= 0.6 is 0 Å². The normalized spacial score (nSPS) is 26.4. The zero-order valence-corrected chi connectivity index (χ0v) is 11.8. The number of nitrogens with zero attached hydrogens (tertiary/aromatic N) is 1. The smallest absolute Gasteiger partial charge is 0.122 e. The first-order valence-electron chi connectivity index (χ1n) is 7.36. The van der Waals surface area contributed by atoms with E-state index < -0.39 is 0 Å². The van der Waals surface area contributed by atoms with Gasteiger partial charge in [-0.3, -0.25) is 4.90 Å². The summed E-state index contributed by atoms with van der Waals surface area (Å²) in [7, 11) is 1.78. The maximum absolute atomic E-state index is 5.54. The lowest BCUT2D eigenvalue weighted by Gasteiger charge is -2.44. The first-order chi connectivity index (χ1) is 9.35. The van der Waals surface area contributed by atoms with E-state index >= 15 is 0 Å². The Morgan fingerprint density at radius 1 is 1.42 bits per heavy atom. The van der Waals surface area contributed by atoms with Crippen LogP contribution in [-0.4, -0.2) is 31.1 Å². The second kappa shape index (κ2) is 5.38. The number of rotatable bonds is 3. The average molecular weight is 257 g/mol. The number of likely N-dealkylation sites (tertiary alicyclic amines) is 1. The van der Waals surface area contributed by atoms with Crippen LogP contribution in [0.15, 0.2) is 30.9 Å². The second-order valence-electron chi connectivity index (χ2n) is 5.67. The van der Waals surface area contributed by atoms with Gasteiger partial charge >= 0.3 is 0 Å². The van der Waals surface area contributed by atoms with Gasteiger partial charge in [0.05, 0.1) is 7.11 Å². The van der Waals surface area contributed by atoms with Gasteiger partial charge in [-0.1, -0.05) is 18.2 Å². The second-order valence-corrected chi connectivity index (χ2v) is 5.67. The van der Waals surface area contributed by atoms with Gasteiger partial charge in [0, 0.05) is 12.6 Å². The molecule has 102 valence electrons. The topological polar surface area (TPSA) is 12.5 Å². The number of methoxy groups -OCH3 is 1. The highest BCUT2D eigenvalue weighted by Crippen LogP contribution is 2.43. The Bertz CT molecular complexity index is 468. The summed E-state index contributed by atoms with van der Waals surface area (Å²) in [6, 6.07) is 7.26. The molecule has 1 heterocycles. The van der Waals surface area contributed by atoms with Crippen LogP contribution in [0.4, 0.5) is 0 Å². The van der Waals surface area contributed by atoms with Crippen molar-refractivity contribution in [3.63, 3.8) is 0 Å². The third-order valence-electron chi connectivity index (χ3n) is 4.74. The predicted molar refractivity (Wildman–Crippen MR) is 78.8 cm³/mol. The van der Waals surface area contributed by atoms with Crippen LogP contribution in [-0.2, 0) is 6.42 Å². The Hall–Kier alpha value is -1.28. The van der Waals surface area contributed by atoms with E-state index in [4.69, 9.17) is 4.74 Å². The molecule has 2 atom stereocenters. The van der Waals surface area contributed by atoms with Crippen molar-refractivity contribution in [1.82, 2.24) is 4.90 Å². The van der Waals surface area contributed by atoms with Gasteiger partial charge in [0.15, 0.2) is 0 Å². The molecular formula is C17H23NO. The fraction of sp³-hybridized carbons (Fsp3) is 0.529. The van der Waals surface area contributed by atoms with Crippen molar-refractivity contribution in [3.8, 4) is 5.75 Å². The summed E-state index contributed by atoms with van der Waals surface area (Å²) in [4.78, 5) is 2.61. The Morgan fingerprint density at radius 3 is 3.11 bits per heavy atom. The number of hydrogen-bond acceptors (Lipinski definition) is 2. The number of piperidine rings is 1. The predicted octanol–water partition coefficient (Wildman–Crippen LogP) is 3.38. The van der Waals surface area contributed by atoms with E-state index in [9.17, 15) is 0 Å². The molecule has 2 heteroatoms. The Balaban J connectivity index is 1.94. The fourth-order valence-electron chi connectivity index (χ4n) is 3.95. The minimum absolute atomic E-state index is 0.688. The molecule has 1 fully saturated rings. The molecule has 0 unspecified atom stereocenters. The lowest BCUT2D eigenvalue weighted by Crippen LogP contribution is -2.46. The highest BCUT2D eigenvalue weighted by Gasteiger charge is 2.36. The molecule has 0 N–H and O–H groups in total. The van der Waals surface area contributed by atoms with Crippen LogP contribution in [0.2, 0.25) is 0 Å². The Morgan fingerprint density at radius 2 is 2.32 bits per heavy atom. The highest BCUT2D eigenvalue weighted by atomic mass is 16.5. The molecule has 2 nitrogen and oxygen atoms in total. The van der Waals surface area contributed by atoms with E-state index in [1.54, 1.807) is 7.11 Å². The van der Waals surface area contributed by atoms with Crippen molar-refractivity contribution in [2.75, 3.05) is 20.2 Å². The summed E-state index contributed by atoms with van der Waals surface area (Å²) in [5.74, 6) is 1.77. The molecule has 0 spiro atoms. The summed E-state index contributed by atoms with van der Waals surface area (Å²) >= 11 is 0. The van der Waals surface area contributed by atoms with Gasteiger partial charge in [-0.25, -0.2) is 0 Å². The SMILES string of the molecule is C=CCN1CCC[C@H]2c3cccc(OC)c3CC[C@@H]21. The van der Waals surface area contributed by atoms with Crippen molar-refractivity contribution in [3.05, 3.63) is 42.0 Å². The largest absolute Gasteiger partial charge is 0.496 e. The summed E-state index contributed by atoms with van der Waals surface area (Å²) in [6.45, 7) is 6.16. The number of hydrogen-bond donors (Lipinski definition) is 0. The average Bonchev–Trinajstić information content (AvgIpc) is 2.47. The maximum Gasteiger partial charge on any atom is 0.122 e. The van der Waals surface area contributed by atoms with Gasteiger partial charge in [-0.15, -0.1) is 6.58 Å². The summed E-state index contributed by atoms with van der Waals surface area (Å²) in [5, 5.41) is 0. The molecular weight excluding hydrogens is 234 g/mol. The molecule has 0 radical (unpaired) electrons. The van der Waals surface area contributed by atoms with E-state index in [1.165, 1.54) is 36.9 Å². The molecule has 1 aromatic rings. The lowest BCUT2D eigenvalue weighted by atomic mass is 9.74. The first-order valence-corrected chi connectivity index (χ1v) is 7.36. The first kappa shape index (κ1) is 12.7. The molecule has 0 bridgehead atoms. The van der Waals surface area contributed by atoms with E-state index in [2.05, 4.69) is 29.7 Å². The van der Waals surface area contributed by atoms with E-state index in [-0.39, 0.29) is 0 Å². The van der Waals surface area contributed by atoms with Crippen LogP contribution in [0, 0.1) is 0 Å². The Labute approximate surface area is 116 Å². The molecule has 0 saturated carbocycles. The number of ether oxygens (including phenoxy) is 1. The van der Waals surface area contributed by atoms with Crippen molar-refractivity contribution >= 4 is 0 Å². The van der Waals surface area contributed by atoms with Gasteiger partial charge in [-0.2, -0.15) is 0 Å². The van der Waals surface area contributed by atoms with Crippen LogP contribution in [0.25, 0.3) is 0 Å². The van der Waals surface area contributed by atoms with Gasteiger partial charge in [0.25, 0.3) is 0 Å². The maximum atomic E-state index is 5.54. The van der Waals surface area contributed by atoms with Crippen molar-refractivity contribution in [1.29, 1.82) is 0 Å². The summed E-state index contributed by atoms with van der Waals surface area (Å²) in [5.41, 5.74) is 2.98. The van der Waals surface area contributed by atoms with Crippen molar-refractivity contribution in [2.45, 2.75) is 37.6 Å². The molecule has 2 aliphatic rings. The number of benzene rings is 1. The quantitative estimate of drug-likeness (QED) is 0.770. The molecule has 0 aromatic heterocycles. The zero-order chi connectivity index (χ0) is 13.2. The molecule has 19 heavy (non-hydrogen) atoms. The third-order valence-corrected chi connectivity index (χ3v) is 4.74. The van der Waals surface area contributed by atoms with Crippen LogP contribution in [0.5, 0.6) is 5.75 Å². The monoisotopic (exact) mass is 257 g/mol. The van der Waals surface area contributed by atoms with Crippen LogP contribution < -0.4 is 4.74 Å². The van der Waals surface area contributed by atoms with Gasteiger partial charge < -0.3 is 4.74 Å². The number of fused-ring (bicyclic) bond motifs is 3. The molecule has 3 rings (SSSR count). The molecule has 1 aliphatic heterocycles. The molecule has 1 aromatic carbocycles. The van der Waals surface area contributed by atoms with E-state index in [1.807, 2.05) is 6.08 Å².